The predicted molar refractivity (Wildman–Crippen MR) is 84.0 cm³/mol. The maximum absolute atomic E-state index is 5.47. The Bertz CT molecular complexity index is 525. The van der Waals surface area contributed by atoms with Crippen LogP contribution in [-0.4, -0.2) is 21.3 Å². The number of aryl methyl sites for hydroxylation is 1. The Morgan fingerprint density at radius 1 is 1.20 bits per heavy atom. The second-order valence-electron chi connectivity index (χ2n) is 4.62. The average molecular weight is 291 g/mol. The minimum Gasteiger partial charge on any atom is -0.497 e. The highest BCUT2D eigenvalue weighted by Crippen LogP contribution is 2.31. The number of rotatable bonds is 7. The van der Waals surface area contributed by atoms with E-state index in [4.69, 9.17) is 9.47 Å². The summed E-state index contributed by atoms with van der Waals surface area (Å²) in [6.45, 7) is 0. The molecule has 0 saturated carbocycles. The summed E-state index contributed by atoms with van der Waals surface area (Å²) < 4.78 is 10.8. The number of nitrogens with one attached hydrogen (secondary N) is 1. The van der Waals surface area contributed by atoms with Gasteiger partial charge in [0.15, 0.2) is 0 Å². The van der Waals surface area contributed by atoms with Crippen molar-refractivity contribution in [1.29, 1.82) is 0 Å². The van der Waals surface area contributed by atoms with Gasteiger partial charge in [-0.15, -0.1) is 0 Å². The fraction of sp³-hybridized carbons (Fsp3) is 0.375. The Balaban J connectivity index is 2.16. The van der Waals surface area contributed by atoms with Gasteiger partial charge in [0.25, 0.3) is 0 Å². The molecule has 0 aliphatic heterocycles. The third kappa shape index (κ3) is 3.52. The Morgan fingerprint density at radius 3 is 2.65 bits per heavy atom. The van der Waals surface area contributed by atoms with Crippen LogP contribution in [0.25, 0.3) is 0 Å². The molecule has 1 heterocycles. The number of hydrogen-bond acceptors (Lipinski definition) is 4. The molecule has 0 saturated heterocycles. The zero-order chi connectivity index (χ0) is 14.4. The van der Waals surface area contributed by atoms with Crippen LogP contribution in [0.2, 0.25) is 0 Å². The number of thiophene rings is 1. The van der Waals surface area contributed by atoms with Gasteiger partial charge in [-0.25, -0.2) is 0 Å². The SMILES string of the molecule is CNC(CCc1ccsc1)c1cc(OC)ccc1OC. The van der Waals surface area contributed by atoms with E-state index in [1.807, 2.05) is 25.2 Å². The van der Waals surface area contributed by atoms with Gasteiger partial charge in [0, 0.05) is 11.6 Å². The topological polar surface area (TPSA) is 30.5 Å². The van der Waals surface area contributed by atoms with Gasteiger partial charge in [-0.2, -0.15) is 11.3 Å². The largest absolute Gasteiger partial charge is 0.497 e. The summed E-state index contributed by atoms with van der Waals surface area (Å²) in [5.41, 5.74) is 2.53. The van der Waals surface area contributed by atoms with Crippen LogP contribution in [0.3, 0.4) is 0 Å². The Hall–Kier alpha value is -1.52. The summed E-state index contributed by atoms with van der Waals surface area (Å²) in [5.74, 6) is 1.76. The minimum atomic E-state index is 0.250. The van der Waals surface area contributed by atoms with Crippen molar-refractivity contribution in [2.75, 3.05) is 21.3 Å². The van der Waals surface area contributed by atoms with Crippen molar-refractivity contribution < 1.29 is 9.47 Å². The van der Waals surface area contributed by atoms with Gasteiger partial charge >= 0.3 is 0 Å². The molecule has 1 atom stereocenters. The average Bonchev–Trinajstić information content (AvgIpc) is 3.01. The van der Waals surface area contributed by atoms with Gasteiger partial charge in [-0.3, -0.25) is 0 Å². The maximum Gasteiger partial charge on any atom is 0.123 e. The highest BCUT2D eigenvalue weighted by atomic mass is 32.1. The quantitative estimate of drug-likeness (QED) is 0.844. The van der Waals surface area contributed by atoms with Crippen LogP contribution in [0.5, 0.6) is 11.5 Å². The number of hydrogen-bond donors (Lipinski definition) is 1. The van der Waals surface area contributed by atoms with Gasteiger partial charge in [0.05, 0.1) is 14.2 Å². The van der Waals surface area contributed by atoms with Crippen LogP contribution in [0.1, 0.15) is 23.6 Å². The molecule has 0 fully saturated rings. The normalized spacial score (nSPS) is 12.2. The third-order valence-corrected chi connectivity index (χ3v) is 4.19. The first kappa shape index (κ1) is 14.9. The van der Waals surface area contributed by atoms with Crippen LogP contribution < -0.4 is 14.8 Å². The van der Waals surface area contributed by atoms with E-state index in [1.54, 1.807) is 25.6 Å². The monoisotopic (exact) mass is 291 g/mol. The van der Waals surface area contributed by atoms with Crippen molar-refractivity contribution in [3.8, 4) is 11.5 Å². The lowest BCUT2D eigenvalue weighted by Crippen LogP contribution is -2.18. The lowest BCUT2D eigenvalue weighted by atomic mass is 9.99. The molecule has 1 N–H and O–H groups in total. The van der Waals surface area contributed by atoms with E-state index >= 15 is 0 Å². The van der Waals surface area contributed by atoms with Crippen LogP contribution in [0.15, 0.2) is 35.0 Å². The zero-order valence-electron chi connectivity index (χ0n) is 12.2. The first-order valence-electron chi connectivity index (χ1n) is 6.68. The van der Waals surface area contributed by atoms with E-state index in [9.17, 15) is 0 Å². The van der Waals surface area contributed by atoms with E-state index in [0.29, 0.717) is 0 Å². The summed E-state index contributed by atoms with van der Waals surface area (Å²) in [7, 11) is 5.37. The molecule has 108 valence electrons. The molecule has 1 aromatic heterocycles. The summed E-state index contributed by atoms with van der Waals surface area (Å²) in [4.78, 5) is 0. The molecule has 20 heavy (non-hydrogen) atoms. The van der Waals surface area contributed by atoms with Crippen molar-refractivity contribution in [1.82, 2.24) is 5.32 Å². The van der Waals surface area contributed by atoms with Crippen molar-refractivity contribution in [3.63, 3.8) is 0 Å². The van der Waals surface area contributed by atoms with E-state index in [0.717, 1.165) is 29.9 Å². The second-order valence-corrected chi connectivity index (χ2v) is 5.40. The van der Waals surface area contributed by atoms with Crippen molar-refractivity contribution in [2.45, 2.75) is 18.9 Å². The fourth-order valence-electron chi connectivity index (χ4n) is 2.31. The molecule has 0 aliphatic carbocycles. The van der Waals surface area contributed by atoms with Gasteiger partial charge in [0.2, 0.25) is 0 Å². The Kier molecular flexibility index (Phi) is 5.44. The lowest BCUT2D eigenvalue weighted by Gasteiger charge is -2.20. The molecular weight excluding hydrogens is 270 g/mol. The molecule has 1 unspecified atom stereocenters. The molecule has 0 spiro atoms. The van der Waals surface area contributed by atoms with E-state index in [2.05, 4.69) is 22.1 Å². The van der Waals surface area contributed by atoms with Crippen LogP contribution >= 0.6 is 11.3 Å². The van der Waals surface area contributed by atoms with Gasteiger partial charge in [-0.05, 0) is 60.5 Å². The predicted octanol–water partition coefficient (Wildman–Crippen LogP) is 3.66. The molecule has 3 nitrogen and oxygen atoms in total. The standard InChI is InChI=1S/C16H21NO2S/c1-17-15(6-4-12-8-9-20-11-12)14-10-13(18-2)5-7-16(14)19-3/h5,7-11,15,17H,4,6H2,1-3H3. The van der Waals surface area contributed by atoms with Crippen LogP contribution in [-0.2, 0) is 6.42 Å². The van der Waals surface area contributed by atoms with Gasteiger partial charge in [0.1, 0.15) is 11.5 Å². The zero-order valence-corrected chi connectivity index (χ0v) is 13.0. The number of methoxy groups -OCH3 is 2. The van der Waals surface area contributed by atoms with E-state index in [1.165, 1.54) is 5.56 Å². The number of benzene rings is 1. The maximum atomic E-state index is 5.47. The minimum absolute atomic E-state index is 0.250. The molecule has 2 aromatic rings. The fourth-order valence-corrected chi connectivity index (χ4v) is 3.02. The number of ether oxygens (including phenoxy) is 2. The Morgan fingerprint density at radius 2 is 2.05 bits per heavy atom. The molecule has 0 aliphatic rings. The first-order chi connectivity index (χ1) is 9.78. The summed E-state index contributed by atoms with van der Waals surface area (Å²) in [6.07, 6.45) is 2.08. The molecular formula is C16H21NO2S. The molecule has 2 rings (SSSR count). The molecule has 0 radical (unpaired) electrons. The van der Waals surface area contributed by atoms with Crippen LogP contribution in [0.4, 0.5) is 0 Å². The Labute approximate surface area is 124 Å². The smallest absolute Gasteiger partial charge is 0.123 e. The van der Waals surface area contributed by atoms with Crippen LogP contribution in [0, 0.1) is 0 Å². The van der Waals surface area contributed by atoms with E-state index < -0.39 is 0 Å². The molecule has 4 heteroatoms. The summed E-state index contributed by atoms with van der Waals surface area (Å²) in [6, 6.07) is 8.37. The lowest BCUT2D eigenvalue weighted by molar-refractivity contribution is 0.389. The van der Waals surface area contributed by atoms with E-state index in [-0.39, 0.29) is 6.04 Å². The van der Waals surface area contributed by atoms with Gasteiger partial charge in [-0.1, -0.05) is 0 Å². The van der Waals surface area contributed by atoms with Crippen molar-refractivity contribution in [3.05, 3.63) is 46.2 Å². The molecule has 0 bridgehead atoms. The van der Waals surface area contributed by atoms with Crippen molar-refractivity contribution >= 4 is 11.3 Å². The third-order valence-electron chi connectivity index (χ3n) is 3.46. The summed E-state index contributed by atoms with van der Waals surface area (Å²) >= 11 is 1.74. The van der Waals surface area contributed by atoms with Gasteiger partial charge < -0.3 is 14.8 Å². The first-order valence-corrected chi connectivity index (χ1v) is 7.63. The second kappa shape index (κ2) is 7.31. The van der Waals surface area contributed by atoms with Crippen molar-refractivity contribution in [2.24, 2.45) is 0 Å². The highest BCUT2D eigenvalue weighted by molar-refractivity contribution is 7.07. The highest BCUT2D eigenvalue weighted by Gasteiger charge is 2.15. The molecule has 1 aromatic carbocycles. The molecule has 0 amide bonds. The summed E-state index contributed by atoms with van der Waals surface area (Å²) in [5, 5.41) is 7.70.